The lowest BCUT2D eigenvalue weighted by molar-refractivity contribution is -0.138. The molecule has 4 heterocycles. The number of carbonyl (C=O) groups excluding carboxylic acids is 1. The third-order valence-electron chi connectivity index (χ3n) is 8.43. The number of allylic oxidation sites excluding steroid dienone is 3. The molecule has 0 spiro atoms. The second kappa shape index (κ2) is 13.3. The molecule has 1 saturated heterocycles. The van der Waals surface area contributed by atoms with Crippen molar-refractivity contribution in [1.29, 1.82) is 0 Å². The molecule has 11 heteroatoms. The van der Waals surface area contributed by atoms with Gasteiger partial charge in [-0.15, -0.1) is 0 Å². The van der Waals surface area contributed by atoms with Gasteiger partial charge in [0.1, 0.15) is 0 Å². The van der Waals surface area contributed by atoms with Crippen molar-refractivity contribution in [3.05, 3.63) is 72.8 Å². The Balaban J connectivity index is 1.83. The van der Waals surface area contributed by atoms with Gasteiger partial charge in [0.25, 0.3) is 5.91 Å². The number of amides is 1. The first kappa shape index (κ1) is 32.3. The van der Waals surface area contributed by atoms with Gasteiger partial charge in [0.15, 0.2) is 5.88 Å². The highest BCUT2D eigenvalue weighted by Gasteiger charge is 2.30. The molecule has 0 aromatic carbocycles. The summed E-state index contributed by atoms with van der Waals surface area (Å²) in [7, 11) is 0. The van der Waals surface area contributed by atoms with Crippen molar-refractivity contribution >= 4 is 59.7 Å². The highest BCUT2D eigenvalue weighted by Crippen LogP contribution is 2.33. The average Bonchev–Trinajstić information content (AvgIpc) is 3.60. The first-order chi connectivity index (χ1) is 20.9. The van der Waals surface area contributed by atoms with Gasteiger partial charge >= 0.3 is 11.9 Å². The Morgan fingerprint density at radius 2 is 1.66 bits per heavy atom. The van der Waals surface area contributed by atoms with E-state index in [9.17, 15) is 29.7 Å². The number of aromatic nitrogens is 2. The summed E-state index contributed by atoms with van der Waals surface area (Å²) in [4.78, 5) is 41.9. The predicted octanol–water partition coefficient (Wildman–Crippen LogP) is 3.49. The quantitative estimate of drug-likeness (QED) is 0.157. The number of aromatic amines is 2. The summed E-state index contributed by atoms with van der Waals surface area (Å²) in [6.45, 7) is 9.43. The number of rotatable bonds is 10. The molecule has 1 fully saturated rings. The summed E-state index contributed by atoms with van der Waals surface area (Å²) in [6.07, 6.45) is 9.69. The van der Waals surface area contributed by atoms with Crippen LogP contribution in [-0.2, 0) is 20.8 Å². The SMILES string of the molecule is C/C=C1/C(=O)N/C(=C\c2[nH]c(/C=C3/NC(/C=c4/[nH]c(O)c(C)/c4=C\C=S)C(C)=C3CCC(=O)O)c(CCC(=O)O)c2C)C1C. The van der Waals surface area contributed by atoms with E-state index in [2.05, 4.69) is 20.6 Å². The predicted molar refractivity (Wildman–Crippen MR) is 174 cm³/mol. The fraction of sp³-hybridized carbons (Fsp3) is 0.333. The van der Waals surface area contributed by atoms with E-state index in [-0.39, 0.29) is 49.4 Å². The van der Waals surface area contributed by atoms with E-state index in [0.29, 0.717) is 27.9 Å². The molecule has 2 unspecified atom stereocenters. The molecule has 10 nitrogen and oxygen atoms in total. The lowest BCUT2D eigenvalue weighted by Crippen LogP contribution is -2.30. The van der Waals surface area contributed by atoms with Crippen LogP contribution in [0.5, 0.6) is 5.88 Å². The van der Waals surface area contributed by atoms with Gasteiger partial charge in [0.05, 0.1) is 6.04 Å². The van der Waals surface area contributed by atoms with Crippen molar-refractivity contribution in [3.8, 4) is 5.88 Å². The van der Waals surface area contributed by atoms with Gasteiger partial charge in [-0.05, 0) is 87.1 Å². The summed E-state index contributed by atoms with van der Waals surface area (Å²) in [5.74, 6) is -2.04. The van der Waals surface area contributed by atoms with Gasteiger partial charge in [-0.3, -0.25) is 14.4 Å². The molecule has 2 aliphatic heterocycles. The van der Waals surface area contributed by atoms with Crippen LogP contribution in [0, 0.1) is 19.8 Å². The van der Waals surface area contributed by atoms with Gasteiger partial charge in [-0.1, -0.05) is 25.2 Å². The first-order valence-electron chi connectivity index (χ1n) is 14.4. The standard InChI is InChI=1S/C33H38N4O6S/c1-6-20-16(2)26(36-33(20)43)13-24-17(3)21(7-9-30(38)39)27(34-24)15-28-22(8-10-31(40)41)18(4)25(35-28)14-29-23(11-12-44)19(5)32(42)37-29/h6,11-16,25,34-35,37,42H,7-10H2,1-5H3,(H,36,43)(H,38,39)(H,40,41)/b20-6+,23-11+,26-13-,28-15+,29-14+. The van der Waals surface area contributed by atoms with Crippen LogP contribution in [0.2, 0.25) is 0 Å². The van der Waals surface area contributed by atoms with Gasteiger partial charge in [-0.25, -0.2) is 0 Å². The fourth-order valence-corrected chi connectivity index (χ4v) is 5.98. The van der Waals surface area contributed by atoms with E-state index in [1.165, 1.54) is 5.37 Å². The van der Waals surface area contributed by atoms with Crippen molar-refractivity contribution in [1.82, 2.24) is 20.6 Å². The van der Waals surface area contributed by atoms with E-state index in [4.69, 9.17) is 12.2 Å². The number of thiocarbonyl (C=S) groups is 1. The maximum absolute atomic E-state index is 12.4. The largest absolute Gasteiger partial charge is 0.494 e. The van der Waals surface area contributed by atoms with Crippen molar-refractivity contribution in [2.45, 2.75) is 66.3 Å². The number of carbonyl (C=O) groups is 3. The number of carboxylic acids is 2. The number of H-pyrrole nitrogens is 2. The Labute approximate surface area is 260 Å². The molecule has 0 bridgehead atoms. The molecule has 2 atom stereocenters. The van der Waals surface area contributed by atoms with Crippen LogP contribution in [-0.4, -0.2) is 54.5 Å². The molecule has 4 rings (SSSR count). The molecule has 2 aliphatic rings. The molecule has 2 aromatic rings. The van der Waals surface area contributed by atoms with E-state index < -0.39 is 11.9 Å². The second-order valence-electron chi connectivity index (χ2n) is 11.1. The van der Waals surface area contributed by atoms with Gasteiger partial charge in [0.2, 0.25) is 0 Å². The summed E-state index contributed by atoms with van der Waals surface area (Å²) in [6, 6.07) is -0.311. The summed E-state index contributed by atoms with van der Waals surface area (Å²) < 4.78 is 0. The Morgan fingerprint density at radius 1 is 0.977 bits per heavy atom. The molecule has 7 N–H and O–H groups in total. The zero-order chi connectivity index (χ0) is 32.3. The number of carboxylic acid groups (broad SMARTS) is 2. The lowest BCUT2D eigenvalue weighted by atomic mass is 9.98. The zero-order valence-electron chi connectivity index (χ0n) is 25.4. The maximum atomic E-state index is 12.4. The van der Waals surface area contributed by atoms with Crippen LogP contribution in [0.1, 0.15) is 68.1 Å². The molecule has 232 valence electrons. The average molecular weight is 619 g/mol. The second-order valence-corrected chi connectivity index (χ2v) is 11.4. The number of aliphatic carboxylic acids is 2. The molecule has 0 saturated carbocycles. The minimum atomic E-state index is -0.918. The molecule has 0 radical (unpaired) electrons. The summed E-state index contributed by atoms with van der Waals surface area (Å²) in [5, 5.41) is 38.6. The van der Waals surface area contributed by atoms with E-state index in [0.717, 1.165) is 38.9 Å². The molecule has 1 amide bonds. The van der Waals surface area contributed by atoms with E-state index >= 15 is 0 Å². The third-order valence-corrected chi connectivity index (χ3v) is 8.57. The first-order valence-corrected chi connectivity index (χ1v) is 14.9. The van der Waals surface area contributed by atoms with Crippen molar-refractivity contribution in [2.75, 3.05) is 0 Å². The minimum Gasteiger partial charge on any atom is -0.494 e. The molecule has 0 aliphatic carbocycles. The monoisotopic (exact) mass is 618 g/mol. The zero-order valence-corrected chi connectivity index (χ0v) is 26.2. The van der Waals surface area contributed by atoms with Crippen LogP contribution >= 0.6 is 12.2 Å². The van der Waals surface area contributed by atoms with Gasteiger partial charge in [-0.2, -0.15) is 0 Å². The Hall–Kier alpha value is -4.64. The highest BCUT2D eigenvalue weighted by molar-refractivity contribution is 7.79. The van der Waals surface area contributed by atoms with E-state index in [1.54, 1.807) is 19.1 Å². The summed E-state index contributed by atoms with van der Waals surface area (Å²) >= 11 is 5.02. The normalized spacial score (nSPS) is 22.0. The Bertz CT molecular complexity index is 1790. The Morgan fingerprint density at radius 3 is 2.27 bits per heavy atom. The molecular formula is C33H38N4O6S. The number of hydrogen-bond acceptors (Lipinski definition) is 6. The highest BCUT2D eigenvalue weighted by atomic mass is 32.1. The number of nitrogens with one attached hydrogen (secondary N) is 4. The Kier molecular flexibility index (Phi) is 9.78. The number of aromatic hydroxyl groups is 1. The van der Waals surface area contributed by atoms with Crippen LogP contribution in [0.15, 0.2) is 34.2 Å². The number of hydrogen-bond donors (Lipinski definition) is 7. The van der Waals surface area contributed by atoms with Crippen molar-refractivity contribution in [3.63, 3.8) is 0 Å². The van der Waals surface area contributed by atoms with Gasteiger partial charge in [0, 0.05) is 68.6 Å². The van der Waals surface area contributed by atoms with Crippen molar-refractivity contribution in [2.24, 2.45) is 5.92 Å². The van der Waals surface area contributed by atoms with Crippen LogP contribution in [0.4, 0.5) is 0 Å². The van der Waals surface area contributed by atoms with Crippen LogP contribution in [0.25, 0.3) is 24.3 Å². The van der Waals surface area contributed by atoms with E-state index in [1.807, 2.05) is 45.9 Å². The topological polar surface area (TPSA) is 168 Å². The molecule has 2 aromatic heterocycles. The van der Waals surface area contributed by atoms with Crippen LogP contribution in [0.3, 0.4) is 0 Å². The minimum absolute atomic E-state index is 0.0433. The third kappa shape index (κ3) is 6.62. The lowest BCUT2D eigenvalue weighted by Gasteiger charge is -2.09. The summed E-state index contributed by atoms with van der Waals surface area (Å²) in [5.41, 5.74) is 7.73. The fourth-order valence-electron chi connectivity index (χ4n) is 5.84. The van der Waals surface area contributed by atoms with Gasteiger partial charge < -0.3 is 35.9 Å². The van der Waals surface area contributed by atoms with Crippen molar-refractivity contribution < 1.29 is 29.7 Å². The maximum Gasteiger partial charge on any atom is 0.303 e. The van der Waals surface area contributed by atoms with Crippen LogP contribution < -0.4 is 21.2 Å². The smallest absolute Gasteiger partial charge is 0.303 e. The molecular weight excluding hydrogens is 580 g/mol. The molecule has 44 heavy (non-hydrogen) atoms.